The molecule has 1 aromatic carbocycles. The van der Waals surface area contributed by atoms with Crippen molar-refractivity contribution in [3.8, 4) is 5.75 Å². The van der Waals surface area contributed by atoms with Gasteiger partial charge in [-0.1, -0.05) is 31.4 Å². The van der Waals surface area contributed by atoms with Gasteiger partial charge in [0.2, 0.25) is 5.95 Å². The van der Waals surface area contributed by atoms with E-state index < -0.39 is 0 Å². The summed E-state index contributed by atoms with van der Waals surface area (Å²) >= 11 is 0. The lowest BCUT2D eigenvalue weighted by molar-refractivity contribution is 0.237. The molecule has 0 bridgehead atoms. The van der Waals surface area contributed by atoms with Crippen LogP contribution in [-0.2, 0) is 0 Å². The van der Waals surface area contributed by atoms with Crippen LogP contribution in [0.15, 0.2) is 55.2 Å². The maximum Gasteiger partial charge on any atom is 0.227 e. The number of hydrogen-bond acceptors (Lipinski definition) is 7. The molecule has 34 heavy (non-hydrogen) atoms. The lowest BCUT2D eigenvalue weighted by Crippen LogP contribution is -2.40. The number of nitrogens with zero attached hydrogens (tertiary/aromatic N) is 5. The number of allylic oxidation sites excluding steroid dienone is 2. The van der Waals surface area contributed by atoms with Crippen LogP contribution in [-0.4, -0.2) is 85.8 Å². The largest absolute Gasteiger partial charge is 0.497 e. The van der Waals surface area contributed by atoms with Crippen molar-refractivity contribution in [2.45, 2.75) is 25.3 Å². The normalized spacial score (nSPS) is 19.1. The van der Waals surface area contributed by atoms with E-state index in [1.807, 2.05) is 30.4 Å². The van der Waals surface area contributed by atoms with Crippen LogP contribution < -0.4 is 15.0 Å². The van der Waals surface area contributed by atoms with Crippen molar-refractivity contribution in [1.82, 2.24) is 19.8 Å². The van der Waals surface area contributed by atoms with Gasteiger partial charge in [-0.25, -0.2) is 4.98 Å². The van der Waals surface area contributed by atoms with Gasteiger partial charge < -0.3 is 19.9 Å². The van der Waals surface area contributed by atoms with Crippen LogP contribution in [0.4, 0.5) is 11.8 Å². The van der Waals surface area contributed by atoms with E-state index in [1.165, 1.54) is 5.57 Å². The van der Waals surface area contributed by atoms with Gasteiger partial charge in [0.05, 0.1) is 12.6 Å². The molecule has 2 saturated heterocycles. The molecular formula is C27H38N6O. The Hall–Kier alpha value is -2.90. The third-order valence-electron chi connectivity index (χ3n) is 6.82. The van der Waals surface area contributed by atoms with Crippen LogP contribution in [0.5, 0.6) is 5.75 Å². The summed E-state index contributed by atoms with van der Waals surface area (Å²) < 4.78 is 5.48. The number of anilines is 2. The molecule has 7 heteroatoms. The molecule has 0 spiro atoms. The SMILES string of the molecule is C=C/C=C(\C=C)CN1CCC(Nc2nc(N3CCCN(C)CC3)nc3cc(OC)ccc23)CC1. The maximum absolute atomic E-state index is 5.48. The molecule has 0 amide bonds. The molecular weight excluding hydrogens is 424 g/mol. The molecule has 2 aliphatic rings. The van der Waals surface area contributed by atoms with Crippen molar-refractivity contribution in [3.63, 3.8) is 0 Å². The van der Waals surface area contributed by atoms with Crippen molar-refractivity contribution >= 4 is 22.7 Å². The standard InChI is InChI=1S/C27H38N6O/c1-5-8-21(6-2)20-32-15-11-22(12-16-32)28-26-24-10-9-23(34-4)19-25(24)29-27(30-26)33-14-7-13-31(3)17-18-33/h5-6,8-10,19,22H,1-2,7,11-18,20H2,3-4H3,(H,28,29,30)/b21-8+. The quantitative estimate of drug-likeness (QED) is 0.596. The number of aromatic nitrogens is 2. The second kappa shape index (κ2) is 11.5. The number of piperidine rings is 1. The summed E-state index contributed by atoms with van der Waals surface area (Å²) in [5.41, 5.74) is 2.14. The molecule has 4 rings (SSSR count). The molecule has 2 aliphatic heterocycles. The fourth-order valence-electron chi connectivity index (χ4n) is 4.75. The predicted molar refractivity (Wildman–Crippen MR) is 142 cm³/mol. The highest BCUT2D eigenvalue weighted by Gasteiger charge is 2.22. The molecule has 1 N–H and O–H groups in total. The lowest BCUT2D eigenvalue weighted by atomic mass is 10.0. The Morgan fingerprint density at radius 2 is 1.94 bits per heavy atom. The summed E-state index contributed by atoms with van der Waals surface area (Å²) in [6, 6.07) is 6.46. The Balaban J connectivity index is 1.52. The highest BCUT2D eigenvalue weighted by atomic mass is 16.5. The van der Waals surface area contributed by atoms with Gasteiger partial charge in [0.1, 0.15) is 11.6 Å². The zero-order chi connectivity index (χ0) is 23.9. The summed E-state index contributed by atoms with van der Waals surface area (Å²) in [5, 5.41) is 4.81. The number of hydrogen-bond donors (Lipinski definition) is 1. The van der Waals surface area contributed by atoms with E-state index in [-0.39, 0.29) is 0 Å². The summed E-state index contributed by atoms with van der Waals surface area (Å²) in [5.74, 6) is 2.55. The topological polar surface area (TPSA) is 56.8 Å². The van der Waals surface area contributed by atoms with Gasteiger partial charge in [0, 0.05) is 56.8 Å². The molecule has 0 radical (unpaired) electrons. The highest BCUT2D eigenvalue weighted by molar-refractivity contribution is 5.91. The van der Waals surface area contributed by atoms with E-state index >= 15 is 0 Å². The number of nitrogens with one attached hydrogen (secondary N) is 1. The predicted octanol–water partition coefficient (Wildman–Crippen LogP) is 3.96. The lowest BCUT2D eigenvalue weighted by Gasteiger charge is -2.33. The number of likely N-dealkylation sites (N-methyl/N-ethyl adjacent to an activating group) is 1. The minimum absolute atomic E-state index is 0.384. The van der Waals surface area contributed by atoms with Crippen molar-refractivity contribution in [2.24, 2.45) is 0 Å². The molecule has 0 aliphatic carbocycles. The zero-order valence-corrected chi connectivity index (χ0v) is 20.7. The third-order valence-corrected chi connectivity index (χ3v) is 6.82. The molecule has 2 aromatic rings. The average molecular weight is 463 g/mol. The number of benzene rings is 1. The fourth-order valence-corrected chi connectivity index (χ4v) is 4.75. The highest BCUT2D eigenvalue weighted by Crippen LogP contribution is 2.29. The van der Waals surface area contributed by atoms with Crippen LogP contribution >= 0.6 is 0 Å². The molecule has 182 valence electrons. The van der Waals surface area contributed by atoms with Crippen LogP contribution in [0, 0.1) is 0 Å². The van der Waals surface area contributed by atoms with Gasteiger partial charge >= 0.3 is 0 Å². The monoisotopic (exact) mass is 462 g/mol. The van der Waals surface area contributed by atoms with Gasteiger partial charge in [-0.2, -0.15) is 4.98 Å². The van der Waals surface area contributed by atoms with Gasteiger partial charge in [0.25, 0.3) is 0 Å². The molecule has 2 fully saturated rings. The minimum Gasteiger partial charge on any atom is -0.497 e. The number of likely N-dealkylation sites (tertiary alicyclic amines) is 1. The Labute approximate surface area is 203 Å². The Kier molecular flexibility index (Phi) is 8.19. The first-order valence-electron chi connectivity index (χ1n) is 12.3. The van der Waals surface area contributed by atoms with Gasteiger partial charge in [-0.15, -0.1) is 0 Å². The van der Waals surface area contributed by atoms with Gasteiger partial charge in [-0.05, 0) is 50.6 Å². The third kappa shape index (κ3) is 5.96. The summed E-state index contributed by atoms with van der Waals surface area (Å²) in [6.45, 7) is 14.8. The zero-order valence-electron chi connectivity index (χ0n) is 20.7. The van der Waals surface area contributed by atoms with E-state index in [4.69, 9.17) is 14.7 Å². The summed E-state index contributed by atoms with van der Waals surface area (Å²) in [4.78, 5) is 17.2. The Morgan fingerprint density at radius 1 is 1.12 bits per heavy atom. The first kappa shape index (κ1) is 24.2. The Bertz CT molecular complexity index is 1030. The molecule has 0 atom stereocenters. The molecule has 1 aromatic heterocycles. The number of methoxy groups -OCH3 is 1. The van der Waals surface area contributed by atoms with Crippen molar-refractivity contribution in [3.05, 3.63) is 55.2 Å². The van der Waals surface area contributed by atoms with Crippen LogP contribution in [0.3, 0.4) is 0 Å². The first-order valence-corrected chi connectivity index (χ1v) is 12.3. The smallest absolute Gasteiger partial charge is 0.227 e. The van der Waals surface area contributed by atoms with E-state index in [0.29, 0.717) is 6.04 Å². The van der Waals surface area contributed by atoms with Crippen molar-refractivity contribution in [2.75, 3.05) is 70.2 Å². The van der Waals surface area contributed by atoms with E-state index in [1.54, 1.807) is 7.11 Å². The van der Waals surface area contributed by atoms with Crippen molar-refractivity contribution in [1.29, 1.82) is 0 Å². The van der Waals surface area contributed by atoms with Gasteiger partial charge in [-0.3, -0.25) is 4.90 Å². The first-order chi connectivity index (χ1) is 16.6. The second-order valence-electron chi connectivity index (χ2n) is 9.28. The van der Waals surface area contributed by atoms with Crippen LogP contribution in [0.2, 0.25) is 0 Å². The van der Waals surface area contributed by atoms with E-state index in [2.05, 4.69) is 46.3 Å². The average Bonchev–Trinajstić information content (AvgIpc) is 3.08. The fraction of sp³-hybridized carbons (Fsp3) is 0.481. The summed E-state index contributed by atoms with van der Waals surface area (Å²) in [6.07, 6.45) is 9.06. The van der Waals surface area contributed by atoms with E-state index in [9.17, 15) is 0 Å². The maximum atomic E-state index is 5.48. The van der Waals surface area contributed by atoms with Crippen LogP contribution in [0.25, 0.3) is 10.9 Å². The van der Waals surface area contributed by atoms with Gasteiger partial charge in [0.15, 0.2) is 0 Å². The molecule has 0 unspecified atom stereocenters. The van der Waals surface area contributed by atoms with Crippen molar-refractivity contribution < 1.29 is 4.74 Å². The molecule has 3 heterocycles. The Morgan fingerprint density at radius 3 is 2.68 bits per heavy atom. The summed E-state index contributed by atoms with van der Waals surface area (Å²) in [7, 11) is 3.88. The molecule has 0 saturated carbocycles. The number of ether oxygens (including phenoxy) is 1. The second-order valence-corrected chi connectivity index (χ2v) is 9.28. The van der Waals surface area contributed by atoms with Crippen LogP contribution in [0.1, 0.15) is 19.3 Å². The molecule has 7 nitrogen and oxygen atoms in total. The number of fused-ring (bicyclic) bond motifs is 1. The minimum atomic E-state index is 0.384. The number of rotatable bonds is 8. The van der Waals surface area contributed by atoms with E-state index in [0.717, 1.165) is 93.5 Å².